The number of aromatic carboxylic acids is 2. The predicted molar refractivity (Wildman–Crippen MR) is 127 cm³/mol. The molecule has 0 spiro atoms. The van der Waals surface area contributed by atoms with Crippen molar-refractivity contribution in [3.05, 3.63) is 80.3 Å². The minimum Gasteiger partial charge on any atom is -0.478 e. The highest BCUT2D eigenvalue weighted by Crippen LogP contribution is 2.53. The largest absolute Gasteiger partial charge is 0.478 e. The van der Waals surface area contributed by atoms with Crippen LogP contribution in [0.25, 0.3) is 0 Å². The van der Waals surface area contributed by atoms with Gasteiger partial charge in [0.1, 0.15) is 11.5 Å². The van der Waals surface area contributed by atoms with Crippen LogP contribution in [-0.4, -0.2) is 34.1 Å². The van der Waals surface area contributed by atoms with Crippen molar-refractivity contribution in [3.63, 3.8) is 0 Å². The van der Waals surface area contributed by atoms with E-state index in [1.165, 1.54) is 56.3 Å². The summed E-state index contributed by atoms with van der Waals surface area (Å²) in [5, 5.41) is 19.8. The van der Waals surface area contributed by atoms with E-state index >= 15 is 0 Å². The zero-order valence-electron chi connectivity index (χ0n) is 18.6. The number of benzene rings is 3. The van der Waals surface area contributed by atoms with Gasteiger partial charge in [0.2, 0.25) is 0 Å². The second kappa shape index (κ2) is 9.52. The quantitative estimate of drug-likeness (QED) is 0.252. The Balaban J connectivity index is 2.08. The SMILES string of the molecule is CC(=O)Oc1cc2c(cc1Cl)C(c1c(C(=O)O)cccc1C(=O)O)c1cc(Cl)c(OC(C)=O)cc1O2. The third kappa shape index (κ3) is 4.58. The number of hydrogen-bond donors (Lipinski definition) is 2. The molecule has 0 bridgehead atoms. The Kier molecular flexibility index (Phi) is 6.62. The van der Waals surface area contributed by atoms with E-state index in [0.29, 0.717) is 11.1 Å². The summed E-state index contributed by atoms with van der Waals surface area (Å²) < 4.78 is 16.2. The Labute approximate surface area is 213 Å². The molecule has 0 radical (unpaired) electrons. The molecule has 0 fully saturated rings. The Morgan fingerprint density at radius 2 is 1.19 bits per heavy atom. The molecule has 184 valence electrons. The van der Waals surface area contributed by atoms with Gasteiger partial charge in [-0.1, -0.05) is 29.3 Å². The van der Waals surface area contributed by atoms with E-state index in [9.17, 15) is 29.4 Å². The zero-order chi connectivity index (χ0) is 26.3. The number of esters is 2. The van der Waals surface area contributed by atoms with Gasteiger partial charge in [0.25, 0.3) is 0 Å². The smallest absolute Gasteiger partial charge is 0.336 e. The summed E-state index contributed by atoms with van der Waals surface area (Å²) in [7, 11) is 0. The number of rotatable bonds is 5. The highest BCUT2D eigenvalue weighted by atomic mass is 35.5. The van der Waals surface area contributed by atoms with Crippen LogP contribution in [0.1, 0.15) is 57.2 Å². The first-order valence-electron chi connectivity index (χ1n) is 10.3. The van der Waals surface area contributed by atoms with Crippen LogP contribution in [0.2, 0.25) is 10.0 Å². The van der Waals surface area contributed by atoms with Crippen LogP contribution in [0.5, 0.6) is 23.0 Å². The molecule has 2 N–H and O–H groups in total. The molecule has 0 amide bonds. The van der Waals surface area contributed by atoms with Crippen molar-refractivity contribution in [2.75, 3.05) is 0 Å². The molecule has 9 nitrogen and oxygen atoms in total. The molecule has 3 aromatic rings. The Morgan fingerprint density at radius 1 is 0.778 bits per heavy atom. The van der Waals surface area contributed by atoms with Gasteiger partial charge in [-0.2, -0.15) is 0 Å². The van der Waals surface area contributed by atoms with Crippen molar-refractivity contribution < 1.29 is 43.6 Å². The fraction of sp³-hybridized carbons (Fsp3) is 0.120. The lowest BCUT2D eigenvalue weighted by atomic mass is 9.78. The van der Waals surface area contributed by atoms with Crippen molar-refractivity contribution in [3.8, 4) is 23.0 Å². The number of carboxylic acids is 2. The normalized spacial score (nSPS) is 12.1. The molecule has 4 rings (SSSR count). The molecule has 0 atom stereocenters. The van der Waals surface area contributed by atoms with Gasteiger partial charge in [-0.05, 0) is 29.8 Å². The highest BCUT2D eigenvalue weighted by molar-refractivity contribution is 6.32. The van der Waals surface area contributed by atoms with Crippen LogP contribution in [0.4, 0.5) is 0 Å². The summed E-state index contributed by atoms with van der Waals surface area (Å²) in [6.45, 7) is 2.37. The summed E-state index contributed by atoms with van der Waals surface area (Å²) in [6, 6.07) is 9.36. The number of fused-ring (bicyclic) bond motifs is 2. The van der Waals surface area contributed by atoms with Gasteiger partial charge < -0.3 is 24.4 Å². The first kappa shape index (κ1) is 25.0. The lowest BCUT2D eigenvalue weighted by molar-refractivity contribution is -0.132. The third-order valence-electron chi connectivity index (χ3n) is 5.33. The molecular formula is C25H16Cl2O9. The highest BCUT2D eigenvalue weighted by Gasteiger charge is 2.36. The Hall–Kier alpha value is -4.08. The molecular weight excluding hydrogens is 515 g/mol. The molecule has 0 saturated carbocycles. The summed E-state index contributed by atoms with van der Waals surface area (Å²) in [4.78, 5) is 47.4. The van der Waals surface area contributed by atoms with Crippen LogP contribution in [0.15, 0.2) is 42.5 Å². The summed E-state index contributed by atoms with van der Waals surface area (Å²) >= 11 is 12.7. The zero-order valence-corrected chi connectivity index (χ0v) is 20.1. The molecule has 1 aliphatic heterocycles. The van der Waals surface area contributed by atoms with Gasteiger partial charge in [0.15, 0.2) is 11.5 Å². The monoisotopic (exact) mass is 530 g/mol. The fourth-order valence-corrected chi connectivity index (χ4v) is 4.46. The number of carbonyl (C=O) groups excluding carboxylic acids is 2. The second-order valence-electron chi connectivity index (χ2n) is 7.74. The first-order chi connectivity index (χ1) is 17.0. The van der Waals surface area contributed by atoms with Crippen LogP contribution in [0, 0.1) is 0 Å². The maximum Gasteiger partial charge on any atom is 0.336 e. The van der Waals surface area contributed by atoms with E-state index in [1.54, 1.807) is 0 Å². The van der Waals surface area contributed by atoms with Crippen molar-refractivity contribution in [2.45, 2.75) is 19.8 Å². The van der Waals surface area contributed by atoms with E-state index < -0.39 is 29.8 Å². The maximum absolute atomic E-state index is 12.2. The van der Waals surface area contributed by atoms with Crippen molar-refractivity contribution in [1.82, 2.24) is 0 Å². The van der Waals surface area contributed by atoms with Crippen LogP contribution in [0.3, 0.4) is 0 Å². The number of carboxylic acid groups (broad SMARTS) is 2. The number of carbonyl (C=O) groups is 4. The van der Waals surface area contributed by atoms with Crippen LogP contribution < -0.4 is 14.2 Å². The van der Waals surface area contributed by atoms with Gasteiger partial charge in [-0.15, -0.1) is 0 Å². The van der Waals surface area contributed by atoms with Crippen molar-refractivity contribution in [2.24, 2.45) is 0 Å². The van der Waals surface area contributed by atoms with Gasteiger partial charge in [-0.3, -0.25) is 9.59 Å². The van der Waals surface area contributed by atoms with E-state index in [0.717, 1.165) is 0 Å². The minimum atomic E-state index is -1.35. The topological polar surface area (TPSA) is 136 Å². The molecule has 1 heterocycles. The van der Waals surface area contributed by atoms with Gasteiger partial charge in [0.05, 0.1) is 21.2 Å². The Bertz CT molecular complexity index is 1360. The standard InChI is InChI=1S/C25H16Cl2O9/c1-10(28)34-20-8-18-14(6-16(20)26)23(22-12(24(30)31)4-3-5-13(22)25(32)33)15-7-17(27)21(35-11(2)29)9-19(15)36-18/h3-9,23H,1-2H3,(H,30,31)(H,32,33). The Morgan fingerprint density at radius 3 is 1.56 bits per heavy atom. The number of halogens is 2. The molecule has 0 aromatic heterocycles. The average molecular weight is 531 g/mol. The molecule has 0 unspecified atom stereocenters. The second-order valence-corrected chi connectivity index (χ2v) is 8.55. The van der Waals surface area contributed by atoms with Crippen molar-refractivity contribution >= 4 is 47.1 Å². The average Bonchev–Trinajstić information content (AvgIpc) is 2.78. The van der Waals surface area contributed by atoms with E-state index in [1.807, 2.05) is 0 Å². The van der Waals surface area contributed by atoms with E-state index in [-0.39, 0.29) is 49.7 Å². The van der Waals surface area contributed by atoms with E-state index in [4.69, 9.17) is 37.4 Å². The molecule has 11 heteroatoms. The molecule has 3 aromatic carbocycles. The van der Waals surface area contributed by atoms with Crippen molar-refractivity contribution in [1.29, 1.82) is 0 Å². The van der Waals surface area contributed by atoms with Gasteiger partial charge in [0, 0.05) is 43.0 Å². The molecule has 0 saturated heterocycles. The van der Waals surface area contributed by atoms with E-state index in [2.05, 4.69) is 0 Å². The summed E-state index contributed by atoms with van der Waals surface area (Å²) in [5.41, 5.74) is 0.0286. The lowest BCUT2D eigenvalue weighted by Crippen LogP contribution is -2.19. The number of ether oxygens (including phenoxy) is 3. The fourth-order valence-electron chi connectivity index (χ4n) is 4.04. The lowest BCUT2D eigenvalue weighted by Gasteiger charge is -2.31. The molecule has 36 heavy (non-hydrogen) atoms. The molecule has 1 aliphatic rings. The van der Waals surface area contributed by atoms with Gasteiger partial charge >= 0.3 is 23.9 Å². The predicted octanol–water partition coefficient (Wildman–Crippen LogP) is 5.53. The van der Waals surface area contributed by atoms with Crippen LogP contribution >= 0.6 is 23.2 Å². The number of hydrogen-bond acceptors (Lipinski definition) is 7. The maximum atomic E-state index is 12.2. The first-order valence-corrected chi connectivity index (χ1v) is 11.0. The summed E-state index contributed by atoms with van der Waals surface area (Å²) in [5.74, 6) is -4.85. The van der Waals surface area contributed by atoms with Gasteiger partial charge in [-0.25, -0.2) is 9.59 Å². The van der Waals surface area contributed by atoms with Crippen LogP contribution in [-0.2, 0) is 9.59 Å². The summed E-state index contributed by atoms with van der Waals surface area (Å²) in [6.07, 6.45) is 0. The third-order valence-corrected chi connectivity index (χ3v) is 5.92. The minimum absolute atomic E-state index is 0.00770. The molecule has 0 aliphatic carbocycles.